The number of nitrogens with zero attached hydrogens (tertiary/aromatic N) is 2. The zero-order valence-electron chi connectivity index (χ0n) is 15.6. The van der Waals surface area contributed by atoms with E-state index in [2.05, 4.69) is 20.2 Å². The van der Waals surface area contributed by atoms with Gasteiger partial charge in [-0.3, -0.25) is 9.59 Å². The maximum Gasteiger partial charge on any atom is 0.266 e. The molecule has 1 aromatic heterocycles. The molecule has 2 aromatic carbocycles. The average molecular weight is 378 g/mol. The van der Waals surface area contributed by atoms with Gasteiger partial charge in [0.2, 0.25) is 5.91 Å². The van der Waals surface area contributed by atoms with Crippen LogP contribution in [0, 0.1) is 6.92 Å². The monoisotopic (exact) mass is 378 g/mol. The molecule has 144 valence electrons. The summed E-state index contributed by atoms with van der Waals surface area (Å²) in [5.41, 5.74) is 3.72. The van der Waals surface area contributed by atoms with E-state index < -0.39 is 6.10 Å². The van der Waals surface area contributed by atoms with Crippen LogP contribution in [0.5, 0.6) is 5.75 Å². The molecule has 0 aliphatic carbocycles. The molecular weight excluding hydrogens is 356 g/mol. The third kappa shape index (κ3) is 3.83. The quantitative estimate of drug-likeness (QED) is 0.646. The van der Waals surface area contributed by atoms with Gasteiger partial charge in [0.15, 0.2) is 6.10 Å². The third-order valence-corrected chi connectivity index (χ3v) is 4.75. The predicted molar refractivity (Wildman–Crippen MR) is 106 cm³/mol. The molecule has 0 radical (unpaired) electrons. The van der Waals surface area contributed by atoms with Crippen molar-refractivity contribution in [3.8, 4) is 5.75 Å². The molecule has 0 bridgehead atoms. The first-order valence-corrected chi connectivity index (χ1v) is 9.35. The summed E-state index contributed by atoms with van der Waals surface area (Å²) < 4.78 is 7.77. The van der Waals surface area contributed by atoms with Gasteiger partial charge >= 0.3 is 0 Å². The van der Waals surface area contributed by atoms with Gasteiger partial charge in [-0.1, -0.05) is 18.2 Å². The molecule has 3 aromatic rings. The molecule has 7 nitrogen and oxygen atoms in total. The van der Waals surface area contributed by atoms with Gasteiger partial charge in [0.05, 0.1) is 29.5 Å². The van der Waals surface area contributed by atoms with Crippen molar-refractivity contribution < 1.29 is 14.3 Å². The molecule has 0 fully saturated rings. The van der Waals surface area contributed by atoms with Gasteiger partial charge in [-0.05, 0) is 43.2 Å². The van der Waals surface area contributed by atoms with E-state index in [9.17, 15) is 9.59 Å². The second-order valence-corrected chi connectivity index (χ2v) is 6.93. The number of benzene rings is 2. The number of ether oxygens (including phenoxy) is 1. The molecule has 2 N–H and O–H groups in total. The van der Waals surface area contributed by atoms with Crippen molar-refractivity contribution in [2.75, 3.05) is 11.9 Å². The van der Waals surface area contributed by atoms with Crippen LogP contribution in [-0.4, -0.2) is 34.0 Å². The van der Waals surface area contributed by atoms with Crippen molar-refractivity contribution in [2.45, 2.75) is 32.4 Å². The normalized spacial score (nSPS) is 15.6. The van der Waals surface area contributed by atoms with Crippen LogP contribution in [-0.2, 0) is 16.1 Å². The highest BCUT2D eigenvalue weighted by Gasteiger charge is 2.29. The Hall–Kier alpha value is -3.35. The van der Waals surface area contributed by atoms with Gasteiger partial charge in [0.25, 0.3) is 5.91 Å². The first-order valence-electron chi connectivity index (χ1n) is 9.35. The minimum atomic E-state index is -0.812. The summed E-state index contributed by atoms with van der Waals surface area (Å²) in [4.78, 5) is 28.8. The molecular formula is C21H22N4O3. The number of carbonyl (C=O) groups is 2. The summed E-state index contributed by atoms with van der Waals surface area (Å²) in [6.07, 6.45) is 1.76. The van der Waals surface area contributed by atoms with Crippen molar-refractivity contribution in [3.63, 3.8) is 0 Å². The van der Waals surface area contributed by atoms with E-state index >= 15 is 0 Å². The number of imidazole rings is 1. The molecule has 4 rings (SSSR count). The van der Waals surface area contributed by atoms with Crippen LogP contribution in [0.3, 0.4) is 0 Å². The highest BCUT2D eigenvalue weighted by molar-refractivity contribution is 6.00. The second-order valence-electron chi connectivity index (χ2n) is 6.93. The van der Waals surface area contributed by atoms with Gasteiger partial charge in [-0.15, -0.1) is 0 Å². The highest BCUT2D eigenvalue weighted by atomic mass is 16.5. The van der Waals surface area contributed by atoms with E-state index in [1.54, 1.807) is 0 Å². The number of amides is 2. The van der Waals surface area contributed by atoms with Crippen LogP contribution in [0.4, 0.5) is 5.69 Å². The Morgan fingerprint density at radius 1 is 1.29 bits per heavy atom. The molecule has 1 aliphatic rings. The fourth-order valence-corrected chi connectivity index (χ4v) is 3.30. The van der Waals surface area contributed by atoms with Crippen LogP contribution < -0.4 is 15.4 Å². The number of fused-ring (bicyclic) bond motifs is 2. The zero-order chi connectivity index (χ0) is 19.5. The molecule has 28 heavy (non-hydrogen) atoms. The van der Waals surface area contributed by atoms with Gasteiger partial charge in [-0.25, -0.2) is 4.98 Å². The fraction of sp³-hybridized carbons (Fsp3) is 0.286. The summed E-state index contributed by atoms with van der Waals surface area (Å²) in [6, 6.07) is 13.5. The first kappa shape index (κ1) is 18.0. The van der Waals surface area contributed by atoms with Gasteiger partial charge in [0, 0.05) is 13.1 Å². The van der Waals surface area contributed by atoms with E-state index in [-0.39, 0.29) is 18.2 Å². The van der Waals surface area contributed by atoms with E-state index in [1.807, 2.05) is 55.7 Å². The van der Waals surface area contributed by atoms with E-state index in [0.29, 0.717) is 18.0 Å². The number of hydrogen-bond acceptors (Lipinski definition) is 4. The van der Waals surface area contributed by atoms with Crippen molar-refractivity contribution >= 4 is 28.5 Å². The Morgan fingerprint density at radius 3 is 3.04 bits per heavy atom. The maximum absolute atomic E-state index is 12.2. The van der Waals surface area contributed by atoms with E-state index in [4.69, 9.17) is 4.74 Å². The fourth-order valence-electron chi connectivity index (χ4n) is 3.30. The number of hydrogen-bond donors (Lipinski definition) is 2. The molecule has 1 atom stereocenters. The summed E-state index contributed by atoms with van der Waals surface area (Å²) >= 11 is 0. The molecule has 1 aliphatic heterocycles. The van der Waals surface area contributed by atoms with E-state index in [0.717, 1.165) is 29.6 Å². The Morgan fingerprint density at radius 2 is 2.14 bits per heavy atom. The van der Waals surface area contributed by atoms with Crippen molar-refractivity contribution in [1.82, 2.24) is 14.9 Å². The number of para-hydroxylation sites is 2. The first-order chi connectivity index (χ1) is 13.6. The van der Waals surface area contributed by atoms with Crippen molar-refractivity contribution in [2.24, 2.45) is 0 Å². The highest BCUT2D eigenvalue weighted by Crippen LogP contribution is 2.30. The van der Waals surface area contributed by atoms with Crippen LogP contribution in [0.25, 0.3) is 11.0 Å². The van der Waals surface area contributed by atoms with Crippen LogP contribution in [0.1, 0.15) is 18.4 Å². The molecule has 0 saturated heterocycles. The number of aromatic nitrogens is 2. The Labute approximate surface area is 162 Å². The summed E-state index contributed by atoms with van der Waals surface area (Å²) in [7, 11) is 0. The molecule has 7 heteroatoms. The number of rotatable bonds is 6. The molecule has 2 heterocycles. The minimum Gasteiger partial charge on any atom is -0.478 e. The molecule has 2 amide bonds. The topological polar surface area (TPSA) is 85.3 Å². The average Bonchev–Trinajstić information content (AvgIpc) is 3.09. The minimum absolute atomic E-state index is 0.00679. The lowest BCUT2D eigenvalue weighted by Crippen LogP contribution is -2.41. The van der Waals surface area contributed by atoms with Crippen LogP contribution >= 0.6 is 0 Å². The molecule has 1 unspecified atom stereocenters. The Kier molecular flexibility index (Phi) is 4.97. The smallest absolute Gasteiger partial charge is 0.266 e. The molecule has 0 saturated carbocycles. The summed E-state index contributed by atoms with van der Waals surface area (Å²) in [5.74, 6) is 0.0966. The number of anilines is 1. The Bertz CT molecular complexity index is 1030. The lowest BCUT2D eigenvalue weighted by atomic mass is 10.1. The van der Waals surface area contributed by atoms with E-state index in [1.165, 1.54) is 0 Å². The number of aryl methyl sites for hydroxylation is 2. The second kappa shape index (κ2) is 7.72. The van der Waals surface area contributed by atoms with Gasteiger partial charge in [0.1, 0.15) is 5.75 Å². The van der Waals surface area contributed by atoms with Gasteiger partial charge < -0.3 is 19.9 Å². The standard InChI is InChI=1S/C21H22N4O3/c1-14-7-8-18-16(11-14)24-21(27)19(28-18)12-20(26)22-9-4-10-25-13-23-15-5-2-3-6-17(15)25/h2-3,5-8,11,13,19H,4,9-10,12H2,1H3,(H,22,26)(H,24,27). The van der Waals surface area contributed by atoms with Crippen molar-refractivity contribution in [3.05, 3.63) is 54.4 Å². The number of nitrogens with one attached hydrogen (secondary N) is 2. The SMILES string of the molecule is Cc1ccc2c(c1)NC(=O)C(CC(=O)NCCCn1cnc3ccccc31)O2. The predicted octanol–water partition coefficient (Wildman–Crippen LogP) is 2.64. The lowest BCUT2D eigenvalue weighted by molar-refractivity contribution is -0.130. The molecule has 0 spiro atoms. The van der Waals surface area contributed by atoms with Gasteiger partial charge in [-0.2, -0.15) is 0 Å². The lowest BCUT2D eigenvalue weighted by Gasteiger charge is -2.25. The largest absolute Gasteiger partial charge is 0.478 e. The summed E-state index contributed by atoms with van der Waals surface area (Å²) in [6.45, 7) is 3.22. The van der Waals surface area contributed by atoms with Crippen molar-refractivity contribution in [1.29, 1.82) is 0 Å². The zero-order valence-corrected chi connectivity index (χ0v) is 15.6. The Balaban J connectivity index is 1.25. The number of carbonyl (C=O) groups excluding carboxylic acids is 2. The maximum atomic E-state index is 12.2. The third-order valence-electron chi connectivity index (χ3n) is 4.75. The van der Waals surface area contributed by atoms with Crippen LogP contribution in [0.15, 0.2) is 48.8 Å². The van der Waals surface area contributed by atoms with Crippen LogP contribution in [0.2, 0.25) is 0 Å². The summed E-state index contributed by atoms with van der Waals surface area (Å²) in [5, 5.41) is 5.67.